The van der Waals surface area contributed by atoms with Gasteiger partial charge in [-0.1, -0.05) is 30.3 Å². The van der Waals surface area contributed by atoms with E-state index in [0.29, 0.717) is 28.2 Å². The number of aryl methyl sites for hydroxylation is 1. The number of pyridine rings is 4. The Morgan fingerprint density at radius 1 is 0.667 bits per heavy atom. The first-order chi connectivity index (χ1) is 25.9. The lowest BCUT2D eigenvalue weighted by Gasteiger charge is -2.13. The fourth-order valence-electron chi connectivity index (χ4n) is 6.28. The lowest BCUT2D eigenvalue weighted by atomic mass is 9.98. The van der Waals surface area contributed by atoms with Crippen LogP contribution in [0, 0.1) is 47.0 Å². The highest BCUT2D eigenvalue weighted by atomic mass is 19.2. The van der Waals surface area contributed by atoms with Crippen LogP contribution < -0.4 is 16.0 Å². The molecule has 0 amide bonds. The Kier molecular flexibility index (Phi) is 9.30. The molecule has 0 radical (unpaired) electrons. The van der Waals surface area contributed by atoms with Gasteiger partial charge in [0.25, 0.3) is 5.69 Å². The van der Waals surface area contributed by atoms with Crippen molar-refractivity contribution in [3.05, 3.63) is 172 Å². The number of halogens is 6. The summed E-state index contributed by atoms with van der Waals surface area (Å²) in [4.78, 5) is 23.5. The number of H-pyrrole nitrogens is 1. The van der Waals surface area contributed by atoms with Crippen LogP contribution in [0.25, 0.3) is 66.6 Å². The molecule has 4 aromatic heterocycles. The van der Waals surface area contributed by atoms with Crippen molar-refractivity contribution in [1.29, 1.82) is 0 Å². The lowest BCUT2D eigenvalue weighted by Crippen LogP contribution is -2.29. The van der Waals surface area contributed by atoms with E-state index >= 15 is 0 Å². The topological polar surface area (TPSA) is 112 Å². The van der Waals surface area contributed by atoms with Crippen molar-refractivity contribution in [3.63, 3.8) is 0 Å². The molecule has 0 aliphatic heterocycles. The van der Waals surface area contributed by atoms with Crippen molar-refractivity contribution >= 4 is 27.6 Å². The Balaban J connectivity index is 0.000000167. The van der Waals surface area contributed by atoms with E-state index in [1.807, 2.05) is 31.2 Å². The number of nitrogens with one attached hydrogen (secondary N) is 1. The maximum Gasteiger partial charge on any atom is 0.256 e. The molecule has 0 saturated carbocycles. The van der Waals surface area contributed by atoms with Crippen LogP contribution in [0.3, 0.4) is 0 Å². The highest BCUT2D eigenvalue weighted by Crippen LogP contribution is 2.37. The summed E-state index contributed by atoms with van der Waals surface area (Å²) >= 11 is 0. The van der Waals surface area contributed by atoms with Crippen LogP contribution in [-0.2, 0) is 0 Å². The van der Waals surface area contributed by atoms with Gasteiger partial charge in [0.15, 0.2) is 6.20 Å². The van der Waals surface area contributed by atoms with Gasteiger partial charge in [0, 0.05) is 57.9 Å². The molecule has 0 atom stereocenters. The zero-order valence-corrected chi connectivity index (χ0v) is 28.0. The normalized spacial score (nSPS) is 11.1. The molecule has 268 valence electrons. The van der Waals surface area contributed by atoms with Crippen LogP contribution in [0.2, 0.25) is 0 Å². The minimum atomic E-state index is -0.962. The smallest absolute Gasteiger partial charge is 0.256 e. The molecule has 3 N–H and O–H groups in total. The first-order valence-corrected chi connectivity index (χ1v) is 16.2. The van der Waals surface area contributed by atoms with Gasteiger partial charge in [0.1, 0.15) is 51.8 Å². The SMILES string of the molecule is Cc1ccccc1-c1nccc2c(-c3ccc(F)cc3F)cc(=O)[nH]c12.Nc1cc(-c2ccc(F)cc2F)c2cc[n+]([O-])c(-c3c(F)cccc3F)c2n1. The van der Waals surface area contributed by atoms with Crippen molar-refractivity contribution in [3.8, 4) is 44.8 Å². The third-order valence-corrected chi connectivity index (χ3v) is 8.71. The first kappa shape index (κ1) is 35.4. The quantitative estimate of drug-likeness (QED) is 0.107. The highest BCUT2D eigenvalue weighted by molar-refractivity contribution is 6.02. The van der Waals surface area contributed by atoms with Gasteiger partial charge in [-0.3, -0.25) is 9.78 Å². The van der Waals surface area contributed by atoms with Gasteiger partial charge in [0.2, 0.25) is 5.56 Å². The Bertz CT molecular complexity index is 2810. The van der Waals surface area contributed by atoms with Gasteiger partial charge in [-0.05, 0) is 72.1 Å². The number of benzene rings is 4. The van der Waals surface area contributed by atoms with Crippen LogP contribution in [0.4, 0.5) is 32.2 Å². The molecule has 54 heavy (non-hydrogen) atoms. The summed E-state index contributed by atoms with van der Waals surface area (Å²) in [5, 5.41) is 13.3. The summed E-state index contributed by atoms with van der Waals surface area (Å²) < 4.78 is 84.1. The van der Waals surface area contributed by atoms with Crippen molar-refractivity contribution in [2.24, 2.45) is 0 Å². The van der Waals surface area contributed by atoms with Crippen LogP contribution in [0.1, 0.15) is 5.56 Å². The summed E-state index contributed by atoms with van der Waals surface area (Å²) in [6.07, 6.45) is 2.65. The lowest BCUT2D eigenvalue weighted by molar-refractivity contribution is -0.592. The zero-order valence-electron chi connectivity index (χ0n) is 28.0. The van der Waals surface area contributed by atoms with Crippen LogP contribution in [0.5, 0.6) is 0 Å². The van der Waals surface area contributed by atoms with Crippen molar-refractivity contribution in [2.75, 3.05) is 5.73 Å². The summed E-state index contributed by atoms with van der Waals surface area (Å²) in [5.74, 6) is -5.03. The predicted molar refractivity (Wildman–Crippen MR) is 194 cm³/mol. The van der Waals surface area contributed by atoms with E-state index in [1.54, 1.807) is 12.3 Å². The van der Waals surface area contributed by atoms with Crippen LogP contribution >= 0.6 is 0 Å². The fourth-order valence-corrected chi connectivity index (χ4v) is 6.28. The first-order valence-electron chi connectivity index (χ1n) is 16.2. The second-order valence-electron chi connectivity index (χ2n) is 12.1. The van der Waals surface area contributed by atoms with Crippen LogP contribution in [-0.4, -0.2) is 15.0 Å². The number of hydrogen-bond acceptors (Lipinski definition) is 5. The number of aromatic amines is 1. The molecule has 0 aliphatic carbocycles. The van der Waals surface area contributed by atoms with E-state index in [0.717, 1.165) is 47.7 Å². The van der Waals surface area contributed by atoms with Crippen molar-refractivity contribution in [2.45, 2.75) is 6.92 Å². The second-order valence-corrected chi connectivity index (χ2v) is 12.1. The Morgan fingerprint density at radius 2 is 1.30 bits per heavy atom. The summed E-state index contributed by atoms with van der Waals surface area (Å²) in [5.41, 5.74) is 8.15. The maximum absolute atomic E-state index is 14.3. The van der Waals surface area contributed by atoms with Gasteiger partial charge in [-0.2, -0.15) is 4.73 Å². The third kappa shape index (κ3) is 6.58. The number of fused-ring (bicyclic) bond motifs is 2. The van der Waals surface area contributed by atoms with E-state index in [4.69, 9.17) is 5.73 Å². The largest absolute Gasteiger partial charge is 0.618 e. The highest BCUT2D eigenvalue weighted by Gasteiger charge is 2.26. The molecular weight excluding hydrogens is 708 g/mol. The van der Waals surface area contributed by atoms with E-state index in [1.165, 1.54) is 36.4 Å². The zero-order chi connectivity index (χ0) is 38.3. The van der Waals surface area contributed by atoms with Gasteiger partial charge in [0.05, 0.1) is 11.2 Å². The third-order valence-electron chi connectivity index (χ3n) is 8.71. The van der Waals surface area contributed by atoms with Crippen molar-refractivity contribution in [1.82, 2.24) is 15.0 Å². The number of hydrogen-bond donors (Lipinski definition) is 2. The molecule has 0 saturated heterocycles. The Morgan fingerprint density at radius 3 is 1.93 bits per heavy atom. The summed E-state index contributed by atoms with van der Waals surface area (Å²) in [6, 6.07) is 22.9. The Hall–Kier alpha value is -7.02. The summed E-state index contributed by atoms with van der Waals surface area (Å²) in [6.45, 7) is 1.96. The van der Waals surface area contributed by atoms with E-state index in [-0.39, 0.29) is 43.7 Å². The number of rotatable bonds is 4. The molecule has 0 fully saturated rings. The maximum atomic E-state index is 14.3. The molecule has 7 nitrogen and oxygen atoms in total. The number of nitrogen functional groups attached to an aromatic ring is 1. The number of nitrogens with two attached hydrogens (primary N) is 1. The van der Waals surface area contributed by atoms with E-state index in [2.05, 4.69) is 15.0 Å². The van der Waals surface area contributed by atoms with E-state index < -0.39 is 46.2 Å². The molecular formula is C41H25F6N5O2. The minimum absolute atomic E-state index is 0.00380. The molecule has 0 aliphatic rings. The standard InChI is InChI=1S/C21H14F2N2O.C20H11F4N3O/c1-12-4-2-3-5-14(12)20-21-16(8-9-24-20)17(11-19(26)25-21)15-7-6-13(22)10-18(15)23;21-10-4-5-11(16(24)8-10)13-9-17(25)26-19-12(13)6-7-27(28)20(19)18-14(22)2-1-3-15(18)23/h2-11H,1H3,(H,25,26);1-9H,(H2,25,26). The molecule has 4 heterocycles. The molecule has 13 heteroatoms. The molecule has 0 bridgehead atoms. The van der Waals surface area contributed by atoms with Crippen molar-refractivity contribution < 1.29 is 31.1 Å². The molecule has 0 unspecified atom stereocenters. The number of aromatic nitrogens is 4. The second kappa shape index (κ2) is 14.2. The van der Waals surface area contributed by atoms with Gasteiger partial charge in [-0.25, -0.2) is 31.3 Å². The van der Waals surface area contributed by atoms with Gasteiger partial charge >= 0.3 is 0 Å². The average molecular weight is 734 g/mol. The van der Waals surface area contributed by atoms with Crippen LogP contribution in [0.15, 0.2) is 120 Å². The van der Waals surface area contributed by atoms with E-state index in [9.17, 15) is 36.3 Å². The fraction of sp³-hybridized carbons (Fsp3) is 0.0244. The molecule has 8 aromatic rings. The monoisotopic (exact) mass is 733 g/mol. The molecule has 4 aromatic carbocycles. The summed E-state index contributed by atoms with van der Waals surface area (Å²) in [7, 11) is 0. The Labute approximate surface area is 302 Å². The molecule has 8 rings (SSSR count). The number of nitrogens with zero attached hydrogens (tertiary/aromatic N) is 3. The predicted octanol–water partition coefficient (Wildman–Crippen LogP) is 9.18. The average Bonchev–Trinajstić information content (AvgIpc) is 3.12. The number of anilines is 1. The van der Waals surface area contributed by atoms with Gasteiger partial charge < -0.3 is 15.9 Å². The van der Waals surface area contributed by atoms with Gasteiger partial charge in [-0.15, -0.1) is 0 Å². The molecule has 0 spiro atoms. The minimum Gasteiger partial charge on any atom is -0.618 e.